The number of aryl methyl sites for hydroxylation is 1. The molecule has 4 heteroatoms. The molecule has 0 radical (unpaired) electrons. The van der Waals surface area contributed by atoms with Gasteiger partial charge in [-0.2, -0.15) is 8.78 Å². The maximum absolute atomic E-state index is 13.9. The largest absolute Gasteiger partial charge is 0.384 e. The molecule has 2 nitrogen and oxygen atoms in total. The Labute approximate surface area is 117 Å². The lowest BCUT2D eigenvalue weighted by Gasteiger charge is -2.15. The summed E-state index contributed by atoms with van der Waals surface area (Å²) in [5.41, 5.74) is 6.38. The number of halogens is 2. The van der Waals surface area contributed by atoms with Gasteiger partial charge < -0.3 is 5.73 Å². The second-order valence-corrected chi connectivity index (χ2v) is 4.84. The molecule has 0 aliphatic carbocycles. The summed E-state index contributed by atoms with van der Waals surface area (Å²) in [4.78, 5) is 3.71. The Morgan fingerprint density at radius 2 is 1.70 bits per heavy atom. The third kappa shape index (κ3) is 4.02. The van der Waals surface area contributed by atoms with Crippen molar-refractivity contribution >= 4 is 5.82 Å². The second-order valence-electron chi connectivity index (χ2n) is 4.84. The van der Waals surface area contributed by atoms with E-state index in [4.69, 9.17) is 5.73 Å². The third-order valence-electron chi connectivity index (χ3n) is 3.19. The molecule has 0 amide bonds. The van der Waals surface area contributed by atoms with Crippen LogP contribution in [0.1, 0.15) is 30.5 Å². The highest BCUT2D eigenvalue weighted by Crippen LogP contribution is 2.32. The summed E-state index contributed by atoms with van der Waals surface area (Å²) in [5.74, 6) is -2.78. The van der Waals surface area contributed by atoms with Gasteiger partial charge in [-0.1, -0.05) is 36.4 Å². The summed E-state index contributed by atoms with van der Waals surface area (Å²) in [6.07, 6.45) is 1.82. The highest BCUT2D eigenvalue weighted by atomic mass is 19.3. The van der Waals surface area contributed by atoms with Gasteiger partial charge in [0, 0.05) is 6.42 Å². The minimum atomic E-state index is -2.91. The molecule has 1 aromatic carbocycles. The van der Waals surface area contributed by atoms with E-state index in [9.17, 15) is 8.78 Å². The molecular weight excluding hydrogens is 258 g/mol. The zero-order valence-electron chi connectivity index (χ0n) is 11.2. The van der Waals surface area contributed by atoms with Crippen molar-refractivity contribution in [1.29, 1.82) is 0 Å². The Morgan fingerprint density at radius 1 is 0.950 bits per heavy atom. The summed E-state index contributed by atoms with van der Waals surface area (Å²) in [5, 5.41) is 0. The van der Waals surface area contributed by atoms with E-state index < -0.39 is 5.92 Å². The van der Waals surface area contributed by atoms with Crippen LogP contribution < -0.4 is 5.73 Å². The number of hydrogen-bond acceptors (Lipinski definition) is 2. The predicted molar refractivity (Wildman–Crippen MR) is 76.5 cm³/mol. The third-order valence-corrected chi connectivity index (χ3v) is 3.19. The van der Waals surface area contributed by atoms with Gasteiger partial charge in [0.2, 0.25) is 0 Å². The minimum Gasteiger partial charge on any atom is -0.384 e. The number of hydrogen-bond donors (Lipinski definition) is 1. The van der Waals surface area contributed by atoms with E-state index in [1.54, 1.807) is 0 Å². The fourth-order valence-corrected chi connectivity index (χ4v) is 2.10. The van der Waals surface area contributed by atoms with Crippen molar-refractivity contribution in [2.24, 2.45) is 0 Å². The van der Waals surface area contributed by atoms with Crippen LogP contribution in [0.15, 0.2) is 48.5 Å². The standard InChI is InChI=1S/C16H18F2N2/c17-16(18,14-10-6-11-15(19)20-14)12-5-4-9-13-7-2-1-3-8-13/h1-3,6-8,10-11H,4-5,9,12H2,(H2,19,20). The van der Waals surface area contributed by atoms with Crippen molar-refractivity contribution in [3.63, 3.8) is 0 Å². The number of nitrogen functional groups attached to an aromatic ring is 1. The van der Waals surface area contributed by atoms with Gasteiger partial charge in [-0.25, -0.2) is 4.98 Å². The summed E-state index contributed by atoms with van der Waals surface area (Å²) >= 11 is 0. The molecule has 0 spiro atoms. The number of benzene rings is 1. The first-order valence-electron chi connectivity index (χ1n) is 6.73. The number of pyridine rings is 1. The van der Waals surface area contributed by atoms with E-state index in [1.165, 1.54) is 23.8 Å². The molecule has 2 rings (SSSR count). The lowest BCUT2D eigenvalue weighted by atomic mass is 10.0. The molecule has 0 saturated heterocycles. The molecule has 20 heavy (non-hydrogen) atoms. The van der Waals surface area contributed by atoms with Gasteiger partial charge in [0.05, 0.1) is 0 Å². The molecule has 1 heterocycles. The SMILES string of the molecule is Nc1cccc(C(F)(F)CCCCc2ccccc2)n1. The van der Waals surface area contributed by atoms with E-state index >= 15 is 0 Å². The summed E-state index contributed by atoms with van der Waals surface area (Å²) in [6.45, 7) is 0. The molecule has 0 bridgehead atoms. The monoisotopic (exact) mass is 276 g/mol. The molecule has 0 atom stereocenters. The Balaban J connectivity index is 1.83. The first kappa shape index (κ1) is 14.4. The zero-order valence-corrected chi connectivity index (χ0v) is 11.2. The molecule has 1 aromatic heterocycles. The smallest absolute Gasteiger partial charge is 0.289 e. The average molecular weight is 276 g/mol. The normalized spacial score (nSPS) is 11.5. The van der Waals surface area contributed by atoms with Gasteiger partial charge in [-0.15, -0.1) is 0 Å². The van der Waals surface area contributed by atoms with Crippen LogP contribution in [0.2, 0.25) is 0 Å². The van der Waals surface area contributed by atoms with Crippen LogP contribution in [0.3, 0.4) is 0 Å². The van der Waals surface area contributed by atoms with Crippen molar-refractivity contribution < 1.29 is 8.78 Å². The van der Waals surface area contributed by atoms with Crippen LogP contribution in [0, 0.1) is 0 Å². The van der Waals surface area contributed by atoms with E-state index in [0.29, 0.717) is 6.42 Å². The van der Waals surface area contributed by atoms with Crippen LogP contribution in [0.25, 0.3) is 0 Å². The Kier molecular flexibility index (Phi) is 4.66. The number of alkyl halides is 2. The van der Waals surface area contributed by atoms with Crippen LogP contribution in [0.5, 0.6) is 0 Å². The highest BCUT2D eigenvalue weighted by Gasteiger charge is 2.32. The van der Waals surface area contributed by atoms with Crippen molar-refractivity contribution in [2.75, 3.05) is 5.73 Å². The molecule has 0 aliphatic heterocycles. The van der Waals surface area contributed by atoms with Gasteiger partial charge in [0.25, 0.3) is 5.92 Å². The van der Waals surface area contributed by atoms with Gasteiger partial charge >= 0.3 is 0 Å². The number of unbranched alkanes of at least 4 members (excludes halogenated alkanes) is 1. The fourth-order valence-electron chi connectivity index (χ4n) is 2.10. The maximum Gasteiger partial charge on any atom is 0.289 e. The van der Waals surface area contributed by atoms with Gasteiger partial charge in [0.1, 0.15) is 11.5 Å². The molecule has 2 N–H and O–H groups in total. The van der Waals surface area contributed by atoms with Gasteiger partial charge in [-0.3, -0.25) is 0 Å². The minimum absolute atomic E-state index is 0.131. The number of nitrogens with two attached hydrogens (primary N) is 1. The lowest BCUT2D eigenvalue weighted by Crippen LogP contribution is -2.16. The topological polar surface area (TPSA) is 38.9 Å². The van der Waals surface area contributed by atoms with Crippen molar-refractivity contribution in [3.05, 3.63) is 59.8 Å². The zero-order chi connectivity index (χ0) is 14.4. The molecular formula is C16H18F2N2. The first-order valence-corrected chi connectivity index (χ1v) is 6.73. The van der Waals surface area contributed by atoms with Gasteiger partial charge in [-0.05, 0) is 37.0 Å². The number of aromatic nitrogens is 1. The van der Waals surface area contributed by atoms with Crippen molar-refractivity contribution in [3.8, 4) is 0 Å². The van der Waals surface area contributed by atoms with Crippen LogP contribution in [-0.4, -0.2) is 4.98 Å². The predicted octanol–water partition coefficient (Wildman–Crippen LogP) is 4.17. The van der Waals surface area contributed by atoms with Crippen LogP contribution in [-0.2, 0) is 12.3 Å². The Hall–Kier alpha value is -1.97. The Morgan fingerprint density at radius 3 is 2.40 bits per heavy atom. The molecule has 0 aliphatic rings. The molecule has 106 valence electrons. The van der Waals surface area contributed by atoms with Crippen molar-refractivity contribution in [1.82, 2.24) is 4.98 Å². The van der Waals surface area contributed by atoms with E-state index in [1.807, 2.05) is 30.3 Å². The molecule has 0 fully saturated rings. The van der Waals surface area contributed by atoms with Crippen LogP contribution in [0.4, 0.5) is 14.6 Å². The fraction of sp³-hybridized carbons (Fsp3) is 0.312. The second kappa shape index (κ2) is 6.46. The van der Waals surface area contributed by atoms with Crippen LogP contribution >= 0.6 is 0 Å². The van der Waals surface area contributed by atoms with E-state index in [0.717, 1.165) is 12.8 Å². The van der Waals surface area contributed by atoms with E-state index in [2.05, 4.69) is 4.98 Å². The van der Waals surface area contributed by atoms with E-state index in [-0.39, 0.29) is 17.9 Å². The summed E-state index contributed by atoms with van der Waals surface area (Å²) in [7, 11) is 0. The highest BCUT2D eigenvalue weighted by molar-refractivity contribution is 5.30. The number of nitrogens with zero attached hydrogens (tertiary/aromatic N) is 1. The van der Waals surface area contributed by atoms with Crippen molar-refractivity contribution in [2.45, 2.75) is 31.6 Å². The molecule has 0 unspecified atom stereocenters. The quantitative estimate of drug-likeness (QED) is 0.804. The maximum atomic E-state index is 13.9. The van der Waals surface area contributed by atoms with Gasteiger partial charge in [0.15, 0.2) is 0 Å². The lowest BCUT2D eigenvalue weighted by molar-refractivity contribution is -0.0199. The Bertz CT molecular complexity index is 541. The number of anilines is 1. The molecule has 2 aromatic rings. The number of rotatable bonds is 6. The average Bonchev–Trinajstić information content (AvgIpc) is 2.45. The first-order chi connectivity index (χ1) is 9.58. The summed E-state index contributed by atoms with van der Waals surface area (Å²) in [6, 6.07) is 14.2. The molecule has 0 saturated carbocycles. The summed E-state index contributed by atoms with van der Waals surface area (Å²) < 4.78 is 27.9.